The third-order valence-electron chi connectivity index (χ3n) is 2.30. The van der Waals surface area contributed by atoms with Crippen LogP contribution in [-0.4, -0.2) is 28.9 Å². The van der Waals surface area contributed by atoms with Gasteiger partial charge < -0.3 is 16.2 Å². The lowest BCUT2D eigenvalue weighted by molar-refractivity contribution is -0.139. The fourth-order valence-corrected chi connectivity index (χ4v) is 1.34. The van der Waals surface area contributed by atoms with Crippen LogP contribution in [0.15, 0.2) is 24.3 Å². The van der Waals surface area contributed by atoms with Crippen LogP contribution in [0.2, 0.25) is 0 Å². The number of carboxylic acid groups (broad SMARTS) is 1. The van der Waals surface area contributed by atoms with Crippen molar-refractivity contribution in [3.63, 3.8) is 0 Å². The molecule has 0 unspecified atom stereocenters. The topological polar surface area (TPSA) is 133 Å². The van der Waals surface area contributed by atoms with E-state index in [-0.39, 0.29) is 5.56 Å². The molecule has 1 aromatic carbocycles. The summed E-state index contributed by atoms with van der Waals surface area (Å²) in [6.45, 7) is 0. The van der Waals surface area contributed by atoms with Gasteiger partial charge in [0.25, 0.3) is 5.91 Å². The van der Waals surface area contributed by atoms with Gasteiger partial charge in [-0.3, -0.25) is 14.4 Å². The van der Waals surface area contributed by atoms with Crippen molar-refractivity contribution < 1.29 is 19.5 Å². The van der Waals surface area contributed by atoms with Crippen LogP contribution in [0.3, 0.4) is 0 Å². The zero-order chi connectivity index (χ0) is 14.4. The van der Waals surface area contributed by atoms with Gasteiger partial charge in [0, 0.05) is 5.56 Å². The van der Waals surface area contributed by atoms with Crippen LogP contribution in [0.1, 0.15) is 22.3 Å². The molecule has 2 amide bonds. The number of benzene rings is 1. The Balaban J connectivity index is 2.78. The molecule has 7 heteroatoms. The minimum Gasteiger partial charge on any atom is -0.481 e. The van der Waals surface area contributed by atoms with Gasteiger partial charge in [0.2, 0.25) is 5.91 Å². The number of rotatable bonds is 5. The monoisotopic (exact) mass is 261 g/mol. The Morgan fingerprint density at radius 1 is 1.32 bits per heavy atom. The standard InChI is InChI=1S/C12H11N3O4/c13-6-7-1-3-8(4-2-7)12(19)15-9(11(14)18)5-10(16)17/h1-4,9H,5H2,(H2,14,18)(H,15,19)(H,16,17)/t9-/m1/s1. The normalized spacial score (nSPS) is 11.1. The summed E-state index contributed by atoms with van der Waals surface area (Å²) in [5, 5.41) is 19.4. The van der Waals surface area contributed by atoms with Gasteiger partial charge in [-0.1, -0.05) is 0 Å². The molecule has 1 aromatic rings. The van der Waals surface area contributed by atoms with Gasteiger partial charge in [0.05, 0.1) is 18.1 Å². The molecule has 0 bridgehead atoms. The highest BCUT2D eigenvalue weighted by Crippen LogP contribution is 2.04. The quantitative estimate of drug-likeness (QED) is 0.664. The average Bonchev–Trinajstić information content (AvgIpc) is 2.37. The molecule has 4 N–H and O–H groups in total. The number of carbonyl (C=O) groups excluding carboxylic acids is 2. The summed E-state index contributed by atoms with van der Waals surface area (Å²) in [5.41, 5.74) is 5.58. The van der Waals surface area contributed by atoms with E-state index in [9.17, 15) is 14.4 Å². The van der Waals surface area contributed by atoms with Gasteiger partial charge >= 0.3 is 5.97 Å². The number of hydrogen-bond acceptors (Lipinski definition) is 4. The van der Waals surface area contributed by atoms with Crippen molar-refractivity contribution in [1.82, 2.24) is 5.32 Å². The fraction of sp³-hybridized carbons (Fsp3) is 0.167. The molecule has 1 atom stereocenters. The molecule has 7 nitrogen and oxygen atoms in total. The Labute approximate surface area is 108 Å². The Morgan fingerprint density at radius 3 is 2.32 bits per heavy atom. The number of nitrogens with zero attached hydrogens (tertiary/aromatic N) is 1. The molecule has 0 aliphatic rings. The predicted molar refractivity (Wildman–Crippen MR) is 63.9 cm³/mol. The van der Waals surface area contributed by atoms with Gasteiger partial charge in [0.1, 0.15) is 6.04 Å². The maximum atomic E-state index is 11.7. The van der Waals surface area contributed by atoms with Crippen molar-refractivity contribution in [2.45, 2.75) is 12.5 Å². The molecule has 0 heterocycles. The van der Waals surface area contributed by atoms with Crippen molar-refractivity contribution in [3.05, 3.63) is 35.4 Å². The zero-order valence-electron chi connectivity index (χ0n) is 9.79. The van der Waals surface area contributed by atoms with Crippen molar-refractivity contribution in [1.29, 1.82) is 5.26 Å². The summed E-state index contributed by atoms with van der Waals surface area (Å²) in [6.07, 6.45) is -0.586. The number of primary amides is 1. The van der Waals surface area contributed by atoms with E-state index >= 15 is 0 Å². The van der Waals surface area contributed by atoms with Gasteiger partial charge in [-0.05, 0) is 24.3 Å². The lowest BCUT2D eigenvalue weighted by Gasteiger charge is -2.13. The summed E-state index contributed by atoms with van der Waals surface area (Å²) in [5.74, 6) is -2.80. The van der Waals surface area contributed by atoms with E-state index in [1.54, 1.807) is 0 Å². The molecular formula is C12H11N3O4. The van der Waals surface area contributed by atoms with Crippen molar-refractivity contribution in [2.24, 2.45) is 5.73 Å². The molecule has 19 heavy (non-hydrogen) atoms. The van der Waals surface area contributed by atoms with Crippen LogP contribution in [0.5, 0.6) is 0 Å². The largest absolute Gasteiger partial charge is 0.481 e. The lowest BCUT2D eigenvalue weighted by atomic mass is 10.1. The zero-order valence-corrected chi connectivity index (χ0v) is 9.79. The number of carboxylic acids is 1. The first-order valence-corrected chi connectivity index (χ1v) is 5.26. The maximum absolute atomic E-state index is 11.7. The van der Waals surface area contributed by atoms with Crippen molar-refractivity contribution in [3.8, 4) is 6.07 Å². The van der Waals surface area contributed by atoms with Crippen LogP contribution in [0.25, 0.3) is 0 Å². The summed E-state index contributed by atoms with van der Waals surface area (Å²) in [6, 6.07) is 6.28. The Bertz CT molecular complexity index is 545. The van der Waals surface area contributed by atoms with Gasteiger partial charge in [0.15, 0.2) is 0 Å². The molecule has 0 spiro atoms. The third kappa shape index (κ3) is 4.12. The van der Waals surface area contributed by atoms with E-state index in [2.05, 4.69) is 5.32 Å². The molecule has 0 fully saturated rings. The average molecular weight is 261 g/mol. The molecule has 0 aliphatic carbocycles. The van der Waals surface area contributed by atoms with Gasteiger partial charge in [-0.25, -0.2) is 0 Å². The highest BCUT2D eigenvalue weighted by atomic mass is 16.4. The second kappa shape index (κ2) is 6.16. The highest BCUT2D eigenvalue weighted by molar-refractivity contribution is 5.98. The molecular weight excluding hydrogens is 250 g/mol. The fourth-order valence-electron chi connectivity index (χ4n) is 1.34. The SMILES string of the molecule is N#Cc1ccc(C(=O)N[C@H](CC(=O)O)C(N)=O)cc1. The number of aliphatic carboxylic acids is 1. The van der Waals surface area contributed by atoms with E-state index in [1.165, 1.54) is 24.3 Å². The van der Waals surface area contributed by atoms with E-state index in [4.69, 9.17) is 16.1 Å². The van der Waals surface area contributed by atoms with Gasteiger partial charge in [-0.15, -0.1) is 0 Å². The minimum atomic E-state index is -1.28. The number of hydrogen-bond donors (Lipinski definition) is 3. The second-order valence-corrected chi connectivity index (χ2v) is 3.72. The molecule has 0 aliphatic heterocycles. The number of nitrogens with one attached hydrogen (secondary N) is 1. The second-order valence-electron chi connectivity index (χ2n) is 3.72. The first-order valence-electron chi connectivity index (χ1n) is 5.26. The van der Waals surface area contributed by atoms with Crippen molar-refractivity contribution >= 4 is 17.8 Å². The molecule has 0 radical (unpaired) electrons. The molecule has 0 aromatic heterocycles. The number of nitrogens with two attached hydrogens (primary N) is 1. The van der Waals surface area contributed by atoms with E-state index in [0.29, 0.717) is 5.56 Å². The Hall–Kier alpha value is -2.88. The molecule has 98 valence electrons. The number of nitriles is 1. The van der Waals surface area contributed by atoms with Crippen LogP contribution in [-0.2, 0) is 9.59 Å². The summed E-state index contributed by atoms with van der Waals surface area (Å²) in [7, 11) is 0. The van der Waals surface area contributed by atoms with E-state index in [1.807, 2.05) is 6.07 Å². The summed E-state index contributed by atoms with van der Waals surface area (Å²) < 4.78 is 0. The highest BCUT2D eigenvalue weighted by Gasteiger charge is 2.21. The summed E-state index contributed by atoms with van der Waals surface area (Å²) >= 11 is 0. The molecule has 0 saturated carbocycles. The maximum Gasteiger partial charge on any atom is 0.305 e. The van der Waals surface area contributed by atoms with Crippen molar-refractivity contribution in [2.75, 3.05) is 0 Å². The van der Waals surface area contributed by atoms with E-state index in [0.717, 1.165) is 0 Å². The Morgan fingerprint density at radius 2 is 1.89 bits per heavy atom. The van der Waals surface area contributed by atoms with Gasteiger partial charge in [-0.2, -0.15) is 5.26 Å². The summed E-state index contributed by atoms with van der Waals surface area (Å²) in [4.78, 5) is 33.3. The number of carbonyl (C=O) groups is 3. The van der Waals surface area contributed by atoms with E-state index < -0.39 is 30.2 Å². The van der Waals surface area contributed by atoms with Crippen LogP contribution in [0, 0.1) is 11.3 Å². The predicted octanol–water partition coefficient (Wildman–Crippen LogP) is -0.383. The first-order chi connectivity index (χ1) is 8.93. The molecule has 0 saturated heterocycles. The molecule has 1 rings (SSSR count). The third-order valence-corrected chi connectivity index (χ3v) is 2.30. The lowest BCUT2D eigenvalue weighted by Crippen LogP contribution is -2.45. The van der Waals surface area contributed by atoms with Crippen LogP contribution < -0.4 is 11.1 Å². The Kier molecular flexibility index (Phi) is 4.60. The van der Waals surface area contributed by atoms with Crippen LogP contribution in [0.4, 0.5) is 0 Å². The minimum absolute atomic E-state index is 0.204. The smallest absolute Gasteiger partial charge is 0.305 e. The first kappa shape index (κ1) is 14.2. The number of amides is 2. The van der Waals surface area contributed by atoms with Crippen LogP contribution >= 0.6 is 0 Å².